The quantitative estimate of drug-likeness (QED) is 0.620. The topological polar surface area (TPSA) is 38.3 Å². The van der Waals surface area contributed by atoms with E-state index in [1.54, 1.807) is 14.0 Å². The van der Waals surface area contributed by atoms with Gasteiger partial charge in [-0.2, -0.15) is 0 Å². The SMILES string of the molecule is CC#CC(=O)NCC(CCCOC)c1ccc(Cl)cc1. The van der Waals surface area contributed by atoms with Gasteiger partial charge in [0, 0.05) is 31.2 Å². The van der Waals surface area contributed by atoms with Gasteiger partial charge in [-0.3, -0.25) is 4.79 Å². The zero-order chi connectivity index (χ0) is 14.8. The number of hydrogen-bond donors (Lipinski definition) is 1. The molecule has 1 unspecified atom stereocenters. The number of ether oxygens (including phenoxy) is 1. The summed E-state index contributed by atoms with van der Waals surface area (Å²) >= 11 is 5.90. The summed E-state index contributed by atoms with van der Waals surface area (Å²) < 4.78 is 5.08. The summed E-state index contributed by atoms with van der Waals surface area (Å²) in [6, 6.07) is 7.73. The van der Waals surface area contributed by atoms with Crippen molar-refractivity contribution in [2.45, 2.75) is 25.7 Å². The number of halogens is 1. The molecule has 0 saturated carbocycles. The molecule has 0 aliphatic heterocycles. The molecule has 1 amide bonds. The third-order valence-electron chi connectivity index (χ3n) is 2.99. The molecule has 1 aromatic rings. The maximum Gasteiger partial charge on any atom is 0.295 e. The molecule has 0 aromatic heterocycles. The summed E-state index contributed by atoms with van der Waals surface area (Å²) in [6.45, 7) is 2.93. The van der Waals surface area contributed by atoms with Gasteiger partial charge >= 0.3 is 0 Å². The van der Waals surface area contributed by atoms with Gasteiger partial charge in [-0.1, -0.05) is 29.7 Å². The smallest absolute Gasteiger partial charge is 0.295 e. The highest BCUT2D eigenvalue weighted by Crippen LogP contribution is 2.22. The Kier molecular flexibility index (Phi) is 7.79. The summed E-state index contributed by atoms with van der Waals surface area (Å²) in [7, 11) is 1.69. The first kappa shape index (κ1) is 16.6. The highest BCUT2D eigenvalue weighted by Gasteiger charge is 2.12. The van der Waals surface area contributed by atoms with Gasteiger partial charge in [0.15, 0.2) is 0 Å². The van der Waals surface area contributed by atoms with Crippen LogP contribution < -0.4 is 5.32 Å². The van der Waals surface area contributed by atoms with Gasteiger partial charge in [0.1, 0.15) is 0 Å². The second-order valence-corrected chi connectivity index (χ2v) is 4.90. The molecule has 3 nitrogen and oxygen atoms in total. The largest absolute Gasteiger partial charge is 0.385 e. The van der Waals surface area contributed by atoms with Gasteiger partial charge in [-0.15, -0.1) is 0 Å². The fourth-order valence-corrected chi connectivity index (χ4v) is 2.10. The Morgan fingerprint density at radius 3 is 2.70 bits per heavy atom. The van der Waals surface area contributed by atoms with E-state index in [1.807, 2.05) is 24.3 Å². The second kappa shape index (κ2) is 9.41. The van der Waals surface area contributed by atoms with Crippen LogP contribution in [0.25, 0.3) is 0 Å². The van der Waals surface area contributed by atoms with Gasteiger partial charge in [0.05, 0.1) is 0 Å². The first-order valence-electron chi connectivity index (χ1n) is 6.62. The summed E-state index contributed by atoms with van der Waals surface area (Å²) in [6.07, 6.45) is 1.88. The molecular weight excluding hydrogens is 274 g/mol. The summed E-state index contributed by atoms with van der Waals surface area (Å²) in [5.74, 6) is 5.08. The normalized spacial score (nSPS) is 11.3. The lowest BCUT2D eigenvalue weighted by Crippen LogP contribution is -2.27. The highest BCUT2D eigenvalue weighted by atomic mass is 35.5. The van der Waals surface area contributed by atoms with Gasteiger partial charge in [0.25, 0.3) is 5.91 Å². The molecule has 1 aromatic carbocycles. The van der Waals surface area contributed by atoms with Crippen LogP contribution in [0.4, 0.5) is 0 Å². The fraction of sp³-hybridized carbons (Fsp3) is 0.438. The minimum atomic E-state index is -0.238. The lowest BCUT2D eigenvalue weighted by atomic mass is 9.94. The zero-order valence-corrected chi connectivity index (χ0v) is 12.7. The van der Waals surface area contributed by atoms with E-state index in [1.165, 1.54) is 0 Å². The van der Waals surface area contributed by atoms with E-state index in [0.29, 0.717) is 18.2 Å². The van der Waals surface area contributed by atoms with Crippen LogP contribution in [0.3, 0.4) is 0 Å². The predicted octanol–water partition coefficient (Wildman–Crippen LogP) is 2.99. The van der Waals surface area contributed by atoms with Crippen molar-refractivity contribution >= 4 is 17.5 Å². The minimum absolute atomic E-state index is 0.238. The molecule has 0 aliphatic carbocycles. The van der Waals surface area contributed by atoms with Crippen LogP contribution in [-0.2, 0) is 9.53 Å². The number of rotatable bonds is 7. The number of amides is 1. The van der Waals surface area contributed by atoms with Crippen LogP contribution in [0, 0.1) is 11.8 Å². The molecule has 1 N–H and O–H groups in total. The average molecular weight is 294 g/mol. The van der Waals surface area contributed by atoms with Gasteiger partial charge in [-0.05, 0) is 43.4 Å². The van der Waals surface area contributed by atoms with E-state index in [4.69, 9.17) is 16.3 Å². The van der Waals surface area contributed by atoms with Crippen molar-refractivity contribution in [2.75, 3.05) is 20.3 Å². The Balaban J connectivity index is 2.65. The minimum Gasteiger partial charge on any atom is -0.385 e. The van der Waals surface area contributed by atoms with Crippen molar-refractivity contribution in [1.29, 1.82) is 0 Å². The van der Waals surface area contributed by atoms with Crippen LogP contribution in [-0.4, -0.2) is 26.2 Å². The standard InChI is InChI=1S/C16H20ClNO2/c1-3-5-16(19)18-12-14(6-4-11-20-2)13-7-9-15(17)10-8-13/h7-10,14H,4,6,11-12H2,1-2H3,(H,18,19). The van der Waals surface area contributed by atoms with Crippen LogP contribution in [0.2, 0.25) is 5.02 Å². The molecule has 0 bridgehead atoms. The Labute approximate surface area is 125 Å². The van der Waals surface area contributed by atoms with Gasteiger partial charge in [0.2, 0.25) is 0 Å². The monoisotopic (exact) mass is 293 g/mol. The molecule has 108 valence electrons. The molecule has 0 saturated heterocycles. The van der Waals surface area contributed by atoms with Crippen molar-refractivity contribution < 1.29 is 9.53 Å². The third-order valence-corrected chi connectivity index (χ3v) is 3.24. The maximum absolute atomic E-state index is 11.4. The molecule has 0 heterocycles. The lowest BCUT2D eigenvalue weighted by Gasteiger charge is -2.17. The number of nitrogens with one attached hydrogen (secondary N) is 1. The summed E-state index contributed by atoms with van der Waals surface area (Å²) in [4.78, 5) is 11.4. The number of carbonyl (C=O) groups excluding carboxylic acids is 1. The Morgan fingerprint density at radius 1 is 1.40 bits per heavy atom. The molecule has 1 rings (SSSR count). The van der Waals surface area contributed by atoms with Crippen molar-refractivity contribution in [1.82, 2.24) is 5.32 Å². The maximum atomic E-state index is 11.4. The Hall–Kier alpha value is -1.50. The first-order chi connectivity index (χ1) is 9.67. The molecule has 0 aliphatic rings. The zero-order valence-electron chi connectivity index (χ0n) is 11.9. The van der Waals surface area contributed by atoms with Gasteiger partial charge in [-0.25, -0.2) is 0 Å². The highest BCUT2D eigenvalue weighted by molar-refractivity contribution is 6.30. The van der Waals surface area contributed by atoms with Crippen molar-refractivity contribution in [3.05, 3.63) is 34.9 Å². The molecule has 0 radical (unpaired) electrons. The molecular formula is C16H20ClNO2. The fourth-order valence-electron chi connectivity index (χ4n) is 1.97. The van der Waals surface area contributed by atoms with E-state index in [2.05, 4.69) is 17.2 Å². The van der Waals surface area contributed by atoms with Crippen LogP contribution in [0.5, 0.6) is 0 Å². The molecule has 4 heteroatoms. The predicted molar refractivity (Wildman–Crippen MR) is 81.8 cm³/mol. The van der Waals surface area contributed by atoms with E-state index in [-0.39, 0.29) is 11.8 Å². The Morgan fingerprint density at radius 2 is 2.10 bits per heavy atom. The van der Waals surface area contributed by atoms with E-state index in [0.717, 1.165) is 18.4 Å². The number of hydrogen-bond acceptors (Lipinski definition) is 2. The molecule has 0 fully saturated rings. The van der Waals surface area contributed by atoms with E-state index >= 15 is 0 Å². The number of methoxy groups -OCH3 is 1. The van der Waals surface area contributed by atoms with Crippen LogP contribution >= 0.6 is 11.6 Å². The summed E-state index contributed by atoms with van der Waals surface area (Å²) in [5.41, 5.74) is 1.16. The molecule has 20 heavy (non-hydrogen) atoms. The lowest BCUT2D eigenvalue weighted by molar-refractivity contribution is -0.115. The van der Waals surface area contributed by atoms with Crippen molar-refractivity contribution in [3.8, 4) is 11.8 Å². The van der Waals surface area contributed by atoms with Crippen molar-refractivity contribution in [2.24, 2.45) is 0 Å². The first-order valence-corrected chi connectivity index (χ1v) is 7.00. The molecule has 1 atom stereocenters. The van der Waals surface area contributed by atoms with Crippen molar-refractivity contribution in [3.63, 3.8) is 0 Å². The summed E-state index contributed by atoms with van der Waals surface area (Å²) in [5, 5.41) is 3.55. The van der Waals surface area contributed by atoms with Gasteiger partial charge < -0.3 is 10.1 Å². The average Bonchev–Trinajstić information content (AvgIpc) is 2.44. The van der Waals surface area contributed by atoms with E-state index in [9.17, 15) is 4.79 Å². The second-order valence-electron chi connectivity index (χ2n) is 4.47. The molecule has 0 spiro atoms. The number of carbonyl (C=O) groups is 1. The van der Waals surface area contributed by atoms with Crippen LogP contribution in [0.1, 0.15) is 31.2 Å². The van der Waals surface area contributed by atoms with E-state index < -0.39 is 0 Å². The third kappa shape index (κ3) is 6.10. The number of benzene rings is 1. The van der Waals surface area contributed by atoms with Crippen LogP contribution in [0.15, 0.2) is 24.3 Å². The Bertz CT molecular complexity index is 473.